The first-order chi connectivity index (χ1) is 11.6. The molecule has 0 aromatic carbocycles. The minimum atomic E-state index is -2.88. The second-order valence-corrected chi connectivity index (χ2v) is 9.33. The van der Waals surface area contributed by atoms with Gasteiger partial charge in [-0.2, -0.15) is 0 Å². The second kappa shape index (κ2) is 13.3. The number of nitrogens with zero attached hydrogens (tertiary/aromatic N) is 1. The van der Waals surface area contributed by atoms with Gasteiger partial charge in [-0.05, 0) is 58.5 Å². The molecule has 4 nitrogen and oxygen atoms in total. The van der Waals surface area contributed by atoms with Crippen molar-refractivity contribution in [1.82, 2.24) is 4.90 Å². The van der Waals surface area contributed by atoms with Crippen LogP contribution < -0.4 is 0 Å². The summed E-state index contributed by atoms with van der Waals surface area (Å²) in [7, 11) is -2.88. The molecule has 1 fully saturated rings. The highest BCUT2D eigenvalue weighted by Crippen LogP contribution is 2.49. The van der Waals surface area contributed by atoms with Crippen molar-refractivity contribution in [3.63, 3.8) is 0 Å². The summed E-state index contributed by atoms with van der Waals surface area (Å²) in [6, 6.07) is 0.645. The van der Waals surface area contributed by atoms with E-state index in [2.05, 4.69) is 25.7 Å². The molecule has 0 saturated carbocycles. The van der Waals surface area contributed by atoms with Crippen molar-refractivity contribution in [3.05, 3.63) is 0 Å². The third-order valence-electron chi connectivity index (χ3n) is 4.89. The van der Waals surface area contributed by atoms with E-state index in [0.29, 0.717) is 25.4 Å². The highest BCUT2D eigenvalue weighted by Gasteiger charge is 2.24. The van der Waals surface area contributed by atoms with Gasteiger partial charge in [0.1, 0.15) is 0 Å². The lowest BCUT2D eigenvalue weighted by Gasteiger charge is -2.32. The molecule has 24 heavy (non-hydrogen) atoms. The van der Waals surface area contributed by atoms with E-state index in [1.807, 2.05) is 0 Å². The molecule has 0 spiro atoms. The summed E-state index contributed by atoms with van der Waals surface area (Å²) < 4.78 is 24.2. The van der Waals surface area contributed by atoms with Crippen LogP contribution in [0.5, 0.6) is 0 Å². The van der Waals surface area contributed by atoms with Crippen LogP contribution in [0.2, 0.25) is 0 Å². The maximum Gasteiger partial charge on any atom is 0.330 e. The van der Waals surface area contributed by atoms with Gasteiger partial charge in [0.2, 0.25) is 0 Å². The Hall–Kier alpha value is 0.110. The Balaban J connectivity index is 2.27. The highest BCUT2D eigenvalue weighted by molar-refractivity contribution is 7.53. The van der Waals surface area contributed by atoms with Gasteiger partial charge in [0, 0.05) is 6.04 Å². The smallest absolute Gasteiger partial charge is 0.309 e. The molecular formula is C19H40NO3P. The van der Waals surface area contributed by atoms with Crippen molar-refractivity contribution in [2.24, 2.45) is 0 Å². The number of likely N-dealkylation sites (tertiary alicyclic amines) is 1. The molecular weight excluding hydrogens is 321 g/mol. The van der Waals surface area contributed by atoms with Crippen molar-refractivity contribution in [3.8, 4) is 0 Å². The first kappa shape index (κ1) is 22.2. The fraction of sp³-hybridized carbons (Fsp3) is 1.00. The van der Waals surface area contributed by atoms with Crippen molar-refractivity contribution in [1.29, 1.82) is 0 Å². The number of hydrogen-bond acceptors (Lipinski definition) is 4. The molecule has 5 heteroatoms. The lowest BCUT2D eigenvalue weighted by molar-refractivity contribution is 0.164. The summed E-state index contributed by atoms with van der Waals surface area (Å²) >= 11 is 0. The van der Waals surface area contributed by atoms with Crippen LogP contribution in [-0.2, 0) is 13.6 Å². The Bertz CT molecular complexity index is 332. The molecule has 0 aliphatic carbocycles. The van der Waals surface area contributed by atoms with Gasteiger partial charge in [-0.15, -0.1) is 0 Å². The molecule has 0 bridgehead atoms. The van der Waals surface area contributed by atoms with E-state index in [0.717, 1.165) is 38.5 Å². The normalized spacial score (nSPS) is 18.0. The van der Waals surface area contributed by atoms with Crippen molar-refractivity contribution in [2.45, 2.75) is 91.0 Å². The zero-order valence-electron chi connectivity index (χ0n) is 16.3. The maximum atomic E-state index is 12.9. The van der Waals surface area contributed by atoms with Crippen LogP contribution in [0.4, 0.5) is 0 Å². The number of unbranched alkanes of at least 4 members (excludes halogenated alkanes) is 3. The summed E-state index contributed by atoms with van der Waals surface area (Å²) in [6.07, 6.45) is 11.9. The van der Waals surface area contributed by atoms with Crippen molar-refractivity contribution >= 4 is 7.60 Å². The average molecular weight is 362 g/mol. The molecule has 1 saturated heterocycles. The Morgan fingerprint density at radius 3 is 2.04 bits per heavy atom. The van der Waals surface area contributed by atoms with Gasteiger partial charge < -0.3 is 13.9 Å². The minimum Gasteiger partial charge on any atom is -0.309 e. The SMILES string of the molecule is CCCCOP(=O)(CCCCC(C)N1CCCCC1)OCCCC. The van der Waals surface area contributed by atoms with E-state index in [1.165, 1.54) is 38.8 Å². The second-order valence-electron chi connectivity index (χ2n) is 7.15. The van der Waals surface area contributed by atoms with Crippen molar-refractivity contribution < 1.29 is 13.6 Å². The Morgan fingerprint density at radius 2 is 1.50 bits per heavy atom. The molecule has 1 aliphatic heterocycles. The summed E-state index contributed by atoms with van der Waals surface area (Å²) in [5, 5.41) is 0. The molecule has 1 rings (SSSR count). The predicted molar refractivity (Wildman–Crippen MR) is 103 cm³/mol. The van der Waals surface area contributed by atoms with E-state index < -0.39 is 7.60 Å². The van der Waals surface area contributed by atoms with Gasteiger partial charge >= 0.3 is 7.60 Å². The van der Waals surface area contributed by atoms with Gasteiger partial charge in [-0.3, -0.25) is 4.57 Å². The van der Waals surface area contributed by atoms with Gasteiger partial charge in [0.05, 0.1) is 19.4 Å². The first-order valence-corrected chi connectivity index (χ1v) is 12.0. The molecule has 1 atom stereocenters. The first-order valence-electron chi connectivity index (χ1n) is 10.2. The van der Waals surface area contributed by atoms with E-state index in [-0.39, 0.29) is 0 Å². The molecule has 0 amide bonds. The van der Waals surface area contributed by atoms with Crippen LogP contribution in [0.15, 0.2) is 0 Å². The molecule has 0 radical (unpaired) electrons. The monoisotopic (exact) mass is 361 g/mol. The van der Waals surface area contributed by atoms with Crippen LogP contribution >= 0.6 is 7.60 Å². The van der Waals surface area contributed by atoms with Gasteiger partial charge in [0.25, 0.3) is 0 Å². The molecule has 144 valence electrons. The number of hydrogen-bond donors (Lipinski definition) is 0. The third kappa shape index (κ3) is 9.56. The number of piperidine rings is 1. The quantitative estimate of drug-likeness (QED) is 0.287. The van der Waals surface area contributed by atoms with E-state index in [9.17, 15) is 4.57 Å². The summed E-state index contributed by atoms with van der Waals surface area (Å²) in [4.78, 5) is 2.61. The van der Waals surface area contributed by atoms with Crippen LogP contribution in [0.25, 0.3) is 0 Å². The Kier molecular flexibility index (Phi) is 12.3. The third-order valence-corrected chi connectivity index (χ3v) is 6.91. The highest BCUT2D eigenvalue weighted by atomic mass is 31.2. The van der Waals surface area contributed by atoms with E-state index in [1.54, 1.807) is 0 Å². The Labute approximate surface area is 150 Å². The summed E-state index contributed by atoms with van der Waals surface area (Å²) in [5.41, 5.74) is 0. The largest absolute Gasteiger partial charge is 0.330 e. The zero-order valence-corrected chi connectivity index (χ0v) is 17.2. The summed E-state index contributed by atoms with van der Waals surface area (Å²) in [6.45, 7) is 10.2. The van der Waals surface area contributed by atoms with Gasteiger partial charge in [0.15, 0.2) is 0 Å². The fourth-order valence-corrected chi connectivity index (χ4v) is 4.91. The van der Waals surface area contributed by atoms with Crippen molar-refractivity contribution in [2.75, 3.05) is 32.5 Å². The standard InChI is InChI=1S/C19H40NO3P/c1-4-6-16-22-24(21,23-17-7-5-2)18-12-9-13-19(3)20-14-10-8-11-15-20/h19H,4-18H2,1-3H3. The molecule has 1 heterocycles. The molecule has 1 aliphatic rings. The topological polar surface area (TPSA) is 38.8 Å². The predicted octanol–water partition coefficient (Wildman–Crippen LogP) is 5.86. The van der Waals surface area contributed by atoms with E-state index in [4.69, 9.17) is 9.05 Å². The van der Waals surface area contributed by atoms with Gasteiger partial charge in [-0.25, -0.2) is 0 Å². The van der Waals surface area contributed by atoms with Gasteiger partial charge in [-0.1, -0.05) is 39.5 Å². The fourth-order valence-electron chi connectivity index (χ4n) is 3.15. The van der Waals surface area contributed by atoms with Crippen LogP contribution in [0.3, 0.4) is 0 Å². The number of rotatable bonds is 14. The Morgan fingerprint density at radius 1 is 0.917 bits per heavy atom. The molecule has 1 unspecified atom stereocenters. The lowest BCUT2D eigenvalue weighted by atomic mass is 10.1. The molecule has 0 N–H and O–H groups in total. The molecule has 0 aromatic rings. The minimum absolute atomic E-state index is 0.560. The van der Waals surface area contributed by atoms with Crippen LogP contribution in [-0.4, -0.2) is 43.4 Å². The van der Waals surface area contributed by atoms with Crippen LogP contribution in [0, 0.1) is 0 Å². The average Bonchev–Trinajstić information content (AvgIpc) is 2.60. The van der Waals surface area contributed by atoms with Crippen LogP contribution in [0.1, 0.15) is 85.0 Å². The lowest BCUT2D eigenvalue weighted by Crippen LogP contribution is -2.37. The maximum absolute atomic E-state index is 12.9. The van der Waals surface area contributed by atoms with E-state index >= 15 is 0 Å². The summed E-state index contributed by atoms with van der Waals surface area (Å²) in [5.74, 6) is 0. The zero-order chi connectivity index (χ0) is 17.7. The molecule has 0 aromatic heterocycles.